The molecular weight excluding hydrogens is 765 g/mol. The number of carbonyl (C=O) groups is 6. The summed E-state index contributed by atoms with van der Waals surface area (Å²) in [5, 5.41) is 13.7. The predicted molar refractivity (Wildman–Crippen MR) is 216 cm³/mol. The third kappa shape index (κ3) is 17.4. The van der Waals surface area contributed by atoms with Crippen LogP contribution in [0.25, 0.3) is 0 Å². The van der Waals surface area contributed by atoms with Gasteiger partial charge in [-0.15, -0.1) is 0 Å². The summed E-state index contributed by atoms with van der Waals surface area (Å²) in [5.74, 6) is -4.38. The summed E-state index contributed by atoms with van der Waals surface area (Å²) in [4.78, 5) is 94.9. The fourth-order valence-corrected chi connectivity index (χ4v) is 5.95. The standard InChI is InChI=1S/C40H60N10O9/c1-6-26(4)35(40(56)47-30(36(41)52)18-28-20-42-23-44-28)50-39(55)31(16-25(2)3)48-38(54)33(19-29-21-43-24-45-29)49-37(53)32(17-27-10-8-7-9-11-27)46-34(51)22-59-15-14-58-13-12-57-5/h7-11,20-21,23-26,30-33,35H,6,12-19,22H2,1-5H3,(H2,41,52)(H,42,44)(H,43,45)(H,46,51)(H,47,56)(H,48,54)(H,49,53)(H,50,55)/t26-,30-,31-,32-,33-,35-/m0/s1. The number of ether oxygens (including phenoxy) is 3. The molecule has 1 aromatic carbocycles. The van der Waals surface area contributed by atoms with Crippen LogP contribution in [0.1, 0.15) is 57.5 Å². The molecule has 0 saturated carbocycles. The summed E-state index contributed by atoms with van der Waals surface area (Å²) in [6.07, 6.45) is 6.70. The maximum absolute atomic E-state index is 14.1. The third-order valence-corrected chi connectivity index (χ3v) is 9.36. The molecule has 0 unspecified atom stereocenters. The van der Waals surface area contributed by atoms with Gasteiger partial charge in [-0.2, -0.15) is 0 Å². The molecule has 0 bridgehead atoms. The number of imidazole rings is 2. The number of primary amides is 1. The molecule has 2 aromatic heterocycles. The van der Waals surface area contributed by atoms with Crippen LogP contribution in [0.15, 0.2) is 55.4 Å². The molecule has 6 amide bonds. The lowest BCUT2D eigenvalue weighted by atomic mass is 9.96. The Balaban J connectivity index is 1.79. The Morgan fingerprint density at radius 3 is 1.78 bits per heavy atom. The number of hydrogen-bond donors (Lipinski definition) is 8. The van der Waals surface area contributed by atoms with Gasteiger partial charge in [0.1, 0.15) is 36.8 Å². The van der Waals surface area contributed by atoms with Crippen LogP contribution < -0.4 is 32.3 Å². The Bertz CT molecular complexity index is 1720. The highest BCUT2D eigenvalue weighted by atomic mass is 16.5. The summed E-state index contributed by atoms with van der Waals surface area (Å²) in [5.41, 5.74) is 7.46. The summed E-state index contributed by atoms with van der Waals surface area (Å²) < 4.78 is 15.7. The van der Waals surface area contributed by atoms with Crippen LogP contribution in [-0.4, -0.2) is 126 Å². The Morgan fingerprint density at radius 2 is 1.22 bits per heavy atom. The lowest BCUT2D eigenvalue weighted by Crippen LogP contribution is -2.60. The summed E-state index contributed by atoms with van der Waals surface area (Å²) in [7, 11) is 1.56. The number of methoxy groups -OCH3 is 1. The maximum Gasteiger partial charge on any atom is 0.246 e. The fraction of sp³-hybridized carbons (Fsp3) is 0.550. The number of amides is 6. The highest BCUT2D eigenvalue weighted by Crippen LogP contribution is 2.13. The number of aromatic nitrogens is 4. The number of nitrogens with one attached hydrogen (secondary N) is 7. The largest absolute Gasteiger partial charge is 0.382 e. The van der Waals surface area contributed by atoms with Crippen molar-refractivity contribution in [3.8, 4) is 0 Å². The first-order valence-electron chi connectivity index (χ1n) is 19.7. The van der Waals surface area contributed by atoms with E-state index in [0.29, 0.717) is 31.0 Å². The molecule has 59 heavy (non-hydrogen) atoms. The second-order valence-corrected chi connectivity index (χ2v) is 14.6. The molecule has 19 nitrogen and oxygen atoms in total. The molecule has 0 aliphatic carbocycles. The maximum atomic E-state index is 14.1. The Kier molecular flexibility index (Phi) is 20.7. The number of aromatic amines is 2. The molecular formula is C40H60N10O9. The third-order valence-electron chi connectivity index (χ3n) is 9.36. The van der Waals surface area contributed by atoms with Gasteiger partial charge >= 0.3 is 0 Å². The lowest BCUT2D eigenvalue weighted by molar-refractivity contribution is -0.136. The minimum Gasteiger partial charge on any atom is -0.382 e. The van der Waals surface area contributed by atoms with Crippen molar-refractivity contribution in [3.63, 3.8) is 0 Å². The predicted octanol–water partition coefficient (Wildman–Crippen LogP) is -0.158. The van der Waals surface area contributed by atoms with E-state index >= 15 is 0 Å². The first-order valence-corrected chi connectivity index (χ1v) is 19.7. The quantitative estimate of drug-likeness (QED) is 0.0446. The normalized spacial score (nSPS) is 14.3. The van der Waals surface area contributed by atoms with Crippen LogP contribution in [0.2, 0.25) is 0 Å². The van der Waals surface area contributed by atoms with Crippen molar-refractivity contribution in [2.45, 2.75) is 90.0 Å². The van der Waals surface area contributed by atoms with E-state index in [1.165, 1.54) is 25.0 Å². The van der Waals surface area contributed by atoms with Crippen LogP contribution >= 0.6 is 0 Å². The van der Waals surface area contributed by atoms with E-state index in [2.05, 4.69) is 46.5 Å². The summed E-state index contributed by atoms with van der Waals surface area (Å²) >= 11 is 0. The first kappa shape index (κ1) is 47.7. The Labute approximate surface area is 344 Å². The molecule has 2 heterocycles. The molecule has 324 valence electrons. The highest BCUT2D eigenvalue weighted by Gasteiger charge is 2.34. The van der Waals surface area contributed by atoms with E-state index in [1.807, 2.05) is 39.0 Å². The number of hydrogen-bond acceptors (Lipinski definition) is 11. The van der Waals surface area contributed by atoms with Gasteiger partial charge in [0, 0.05) is 50.2 Å². The molecule has 6 atom stereocenters. The molecule has 3 aromatic rings. The van der Waals surface area contributed by atoms with Crippen LogP contribution in [0.5, 0.6) is 0 Å². The number of H-pyrrole nitrogens is 2. The van der Waals surface area contributed by atoms with E-state index in [-0.39, 0.29) is 57.3 Å². The van der Waals surface area contributed by atoms with Crippen molar-refractivity contribution in [1.29, 1.82) is 0 Å². The van der Waals surface area contributed by atoms with Crippen LogP contribution in [0.3, 0.4) is 0 Å². The van der Waals surface area contributed by atoms with E-state index in [1.54, 1.807) is 26.2 Å². The van der Waals surface area contributed by atoms with Gasteiger partial charge in [0.15, 0.2) is 0 Å². The molecule has 9 N–H and O–H groups in total. The number of benzene rings is 1. The Hall–Kier alpha value is -5.66. The van der Waals surface area contributed by atoms with Gasteiger partial charge in [0.25, 0.3) is 0 Å². The van der Waals surface area contributed by atoms with Crippen molar-refractivity contribution < 1.29 is 43.0 Å². The zero-order valence-corrected chi connectivity index (χ0v) is 34.5. The van der Waals surface area contributed by atoms with Crippen molar-refractivity contribution in [2.75, 3.05) is 40.1 Å². The van der Waals surface area contributed by atoms with E-state index in [9.17, 15) is 28.8 Å². The monoisotopic (exact) mass is 824 g/mol. The zero-order chi connectivity index (χ0) is 43.2. The van der Waals surface area contributed by atoms with Crippen molar-refractivity contribution >= 4 is 35.4 Å². The average Bonchev–Trinajstić information content (AvgIpc) is 3.93. The van der Waals surface area contributed by atoms with Gasteiger partial charge in [-0.3, -0.25) is 28.8 Å². The van der Waals surface area contributed by atoms with Crippen LogP contribution in [0.4, 0.5) is 0 Å². The molecule has 0 fully saturated rings. The number of carbonyl (C=O) groups excluding carboxylic acids is 6. The fourth-order valence-electron chi connectivity index (χ4n) is 5.95. The second-order valence-electron chi connectivity index (χ2n) is 14.6. The summed E-state index contributed by atoms with van der Waals surface area (Å²) in [6, 6.07) is 3.42. The smallest absolute Gasteiger partial charge is 0.246 e. The molecule has 3 rings (SSSR count). The molecule has 0 saturated heterocycles. The van der Waals surface area contributed by atoms with Crippen LogP contribution in [0, 0.1) is 11.8 Å². The van der Waals surface area contributed by atoms with E-state index in [0.717, 1.165) is 5.56 Å². The number of nitrogens with zero attached hydrogens (tertiary/aromatic N) is 2. The first-order chi connectivity index (χ1) is 28.3. The van der Waals surface area contributed by atoms with Gasteiger partial charge in [-0.1, -0.05) is 64.4 Å². The highest BCUT2D eigenvalue weighted by molar-refractivity contribution is 5.96. The summed E-state index contributed by atoms with van der Waals surface area (Å²) in [6.45, 7) is 8.24. The molecule has 19 heteroatoms. The van der Waals surface area contributed by atoms with Crippen molar-refractivity contribution in [2.24, 2.45) is 17.6 Å². The SMILES string of the molecule is CC[C@H](C)[C@H](NC(=O)[C@H](CC(C)C)NC(=O)[C@H](Cc1cnc[nH]1)NC(=O)[C@H](Cc1ccccc1)NC(=O)COCCOCCOC)C(=O)N[C@@H](Cc1cnc[nH]1)C(N)=O. The van der Waals surface area contributed by atoms with Gasteiger partial charge < -0.3 is 56.5 Å². The number of rotatable bonds is 28. The van der Waals surface area contributed by atoms with Gasteiger partial charge in [0.05, 0.1) is 39.1 Å². The number of nitrogens with two attached hydrogens (primary N) is 1. The molecule has 0 aliphatic rings. The van der Waals surface area contributed by atoms with Gasteiger partial charge in [-0.25, -0.2) is 9.97 Å². The van der Waals surface area contributed by atoms with E-state index < -0.39 is 65.7 Å². The molecule has 0 spiro atoms. The minimum absolute atomic E-state index is 0.0332. The molecule has 0 aliphatic heterocycles. The minimum atomic E-state index is -1.23. The molecule has 0 radical (unpaired) electrons. The lowest BCUT2D eigenvalue weighted by Gasteiger charge is -2.29. The van der Waals surface area contributed by atoms with Crippen LogP contribution in [-0.2, 0) is 62.2 Å². The average molecular weight is 825 g/mol. The Morgan fingerprint density at radius 1 is 0.678 bits per heavy atom. The van der Waals surface area contributed by atoms with Gasteiger partial charge in [0.2, 0.25) is 35.4 Å². The topological polar surface area (TPSA) is 274 Å². The van der Waals surface area contributed by atoms with E-state index in [4.69, 9.17) is 19.9 Å². The van der Waals surface area contributed by atoms with Gasteiger partial charge in [-0.05, 0) is 23.8 Å². The second kappa shape index (κ2) is 25.6. The zero-order valence-electron chi connectivity index (χ0n) is 34.5. The van der Waals surface area contributed by atoms with Crippen molar-refractivity contribution in [3.05, 3.63) is 72.3 Å². The van der Waals surface area contributed by atoms with Crippen molar-refractivity contribution in [1.82, 2.24) is 46.5 Å².